The van der Waals surface area contributed by atoms with Crippen LogP contribution in [-0.2, 0) is 0 Å². The van der Waals surface area contributed by atoms with Crippen molar-refractivity contribution in [2.24, 2.45) is 0 Å². The van der Waals surface area contributed by atoms with Crippen LogP contribution >= 0.6 is 34.8 Å². The predicted molar refractivity (Wildman–Crippen MR) is 117 cm³/mol. The molecule has 1 N–H and O–H groups in total. The molecule has 2 aromatic carbocycles. The highest BCUT2D eigenvalue weighted by Gasteiger charge is 2.13. The summed E-state index contributed by atoms with van der Waals surface area (Å²) in [5, 5.41) is 11.4. The Morgan fingerprint density at radius 1 is 0.966 bits per heavy atom. The summed E-state index contributed by atoms with van der Waals surface area (Å²) in [6, 6.07) is 15.2. The number of halogens is 3. The molecule has 4 rings (SSSR count). The SMILES string of the molecule is O=C(O)c1cc(/C=C/c2ccc(-c3c(Cl)cccc3Cl)o2)nc2ccc(Cl)cc12. The molecule has 4 nitrogen and oxygen atoms in total. The fourth-order valence-corrected chi connectivity index (χ4v) is 3.71. The van der Waals surface area contributed by atoms with Crippen LogP contribution < -0.4 is 0 Å². The molecule has 0 amide bonds. The van der Waals surface area contributed by atoms with Crippen LogP contribution in [-0.4, -0.2) is 16.1 Å². The number of hydrogen-bond donors (Lipinski definition) is 1. The zero-order valence-electron chi connectivity index (χ0n) is 14.7. The fourth-order valence-electron chi connectivity index (χ4n) is 2.96. The maximum absolute atomic E-state index is 11.6. The van der Waals surface area contributed by atoms with Gasteiger partial charge in [-0.25, -0.2) is 9.78 Å². The topological polar surface area (TPSA) is 63.3 Å². The average Bonchev–Trinajstić information content (AvgIpc) is 3.14. The first-order chi connectivity index (χ1) is 13.9. The third kappa shape index (κ3) is 4.01. The molecule has 29 heavy (non-hydrogen) atoms. The minimum atomic E-state index is -1.05. The quantitative estimate of drug-likeness (QED) is 0.358. The van der Waals surface area contributed by atoms with Crippen molar-refractivity contribution in [3.63, 3.8) is 0 Å². The Bertz CT molecular complexity index is 1260. The van der Waals surface area contributed by atoms with Crippen LogP contribution in [0.25, 0.3) is 34.4 Å². The summed E-state index contributed by atoms with van der Waals surface area (Å²) in [6.07, 6.45) is 3.38. The molecule has 0 unspecified atom stereocenters. The summed E-state index contributed by atoms with van der Waals surface area (Å²) in [4.78, 5) is 16.1. The number of carboxylic acid groups (broad SMARTS) is 1. The van der Waals surface area contributed by atoms with Crippen LogP contribution in [0.4, 0.5) is 0 Å². The number of furan rings is 1. The highest BCUT2D eigenvalue weighted by Crippen LogP contribution is 2.35. The number of aromatic carboxylic acids is 1. The minimum Gasteiger partial charge on any atom is -0.478 e. The second kappa shape index (κ2) is 7.91. The molecule has 0 spiro atoms. The van der Waals surface area contributed by atoms with Crippen molar-refractivity contribution in [1.82, 2.24) is 4.98 Å². The van der Waals surface area contributed by atoms with Gasteiger partial charge in [-0.2, -0.15) is 0 Å². The van der Waals surface area contributed by atoms with Gasteiger partial charge in [0.1, 0.15) is 11.5 Å². The van der Waals surface area contributed by atoms with E-state index in [1.54, 1.807) is 60.7 Å². The average molecular weight is 445 g/mol. The number of fused-ring (bicyclic) bond motifs is 1. The van der Waals surface area contributed by atoms with Crippen LogP contribution in [0.1, 0.15) is 21.8 Å². The van der Waals surface area contributed by atoms with E-state index in [2.05, 4.69) is 4.98 Å². The van der Waals surface area contributed by atoms with E-state index >= 15 is 0 Å². The molecular formula is C22H12Cl3NO3. The van der Waals surface area contributed by atoms with E-state index in [0.717, 1.165) is 0 Å². The number of nitrogens with zero attached hydrogens (tertiary/aromatic N) is 1. The summed E-state index contributed by atoms with van der Waals surface area (Å²) in [5.74, 6) is 0.0291. The van der Waals surface area contributed by atoms with Crippen LogP contribution in [0.5, 0.6) is 0 Å². The van der Waals surface area contributed by atoms with Gasteiger partial charge in [-0.1, -0.05) is 40.9 Å². The van der Waals surface area contributed by atoms with E-state index in [9.17, 15) is 9.90 Å². The van der Waals surface area contributed by atoms with E-state index in [1.807, 2.05) is 0 Å². The lowest BCUT2D eigenvalue weighted by Crippen LogP contribution is -2.00. The Morgan fingerprint density at radius 3 is 2.45 bits per heavy atom. The molecule has 0 atom stereocenters. The van der Waals surface area contributed by atoms with Crippen molar-refractivity contribution in [3.8, 4) is 11.3 Å². The van der Waals surface area contributed by atoms with E-state index in [4.69, 9.17) is 39.2 Å². The van der Waals surface area contributed by atoms with Crippen molar-refractivity contribution in [2.75, 3.05) is 0 Å². The van der Waals surface area contributed by atoms with Crippen LogP contribution in [0.15, 0.2) is 59.0 Å². The van der Waals surface area contributed by atoms with Gasteiger partial charge in [0, 0.05) is 10.4 Å². The molecule has 7 heteroatoms. The zero-order chi connectivity index (χ0) is 20.5. The molecule has 144 valence electrons. The first kappa shape index (κ1) is 19.5. The van der Waals surface area contributed by atoms with E-state index in [-0.39, 0.29) is 5.56 Å². The van der Waals surface area contributed by atoms with E-state index < -0.39 is 5.97 Å². The van der Waals surface area contributed by atoms with Crippen molar-refractivity contribution in [1.29, 1.82) is 0 Å². The summed E-state index contributed by atoms with van der Waals surface area (Å²) in [6.45, 7) is 0. The summed E-state index contributed by atoms with van der Waals surface area (Å²) in [5.41, 5.74) is 1.76. The van der Waals surface area contributed by atoms with Crippen molar-refractivity contribution < 1.29 is 14.3 Å². The number of aromatic nitrogens is 1. The van der Waals surface area contributed by atoms with Gasteiger partial charge in [-0.15, -0.1) is 0 Å². The first-order valence-electron chi connectivity index (χ1n) is 8.48. The smallest absolute Gasteiger partial charge is 0.336 e. The minimum absolute atomic E-state index is 0.125. The molecule has 0 bridgehead atoms. The monoisotopic (exact) mass is 443 g/mol. The molecule has 2 aromatic heterocycles. The highest BCUT2D eigenvalue weighted by molar-refractivity contribution is 6.39. The number of rotatable bonds is 4. The molecule has 0 aliphatic rings. The zero-order valence-corrected chi connectivity index (χ0v) is 17.0. The van der Waals surface area contributed by atoms with Gasteiger partial charge in [0.05, 0.1) is 32.4 Å². The summed E-state index contributed by atoms with van der Waals surface area (Å²) >= 11 is 18.4. The fraction of sp³-hybridized carbons (Fsp3) is 0. The Labute approximate surface area is 181 Å². The van der Waals surface area contributed by atoms with Gasteiger partial charge >= 0.3 is 5.97 Å². The van der Waals surface area contributed by atoms with Crippen LogP contribution in [0, 0.1) is 0 Å². The Balaban J connectivity index is 1.70. The van der Waals surface area contributed by atoms with Gasteiger partial charge in [-0.3, -0.25) is 0 Å². The molecule has 0 radical (unpaired) electrons. The Kier molecular flexibility index (Phi) is 5.33. The lowest BCUT2D eigenvalue weighted by Gasteiger charge is -2.05. The molecule has 0 aliphatic carbocycles. The van der Waals surface area contributed by atoms with Gasteiger partial charge in [0.15, 0.2) is 0 Å². The first-order valence-corrected chi connectivity index (χ1v) is 9.61. The third-order valence-electron chi connectivity index (χ3n) is 4.28. The predicted octanol–water partition coefficient (Wildman–Crippen LogP) is 7.32. The second-order valence-electron chi connectivity index (χ2n) is 6.19. The number of hydrogen-bond acceptors (Lipinski definition) is 3. The van der Waals surface area contributed by atoms with Gasteiger partial charge < -0.3 is 9.52 Å². The van der Waals surface area contributed by atoms with Crippen molar-refractivity contribution in [3.05, 3.63) is 86.7 Å². The molecule has 0 saturated carbocycles. The normalized spacial score (nSPS) is 11.4. The maximum atomic E-state index is 11.6. The number of benzene rings is 2. The Hall–Kier alpha value is -2.79. The lowest BCUT2D eigenvalue weighted by molar-refractivity contribution is 0.0699. The standard InChI is InChI=1S/C22H12Cl3NO3/c23-12-4-8-19-15(10-12)16(22(27)28)11-13(26-19)5-6-14-7-9-20(29-14)21-17(24)2-1-3-18(21)25/h1-11H,(H,27,28)/b6-5+. The Morgan fingerprint density at radius 2 is 1.72 bits per heavy atom. The van der Waals surface area contributed by atoms with Gasteiger partial charge in [-0.05, 0) is 60.7 Å². The molecular weight excluding hydrogens is 433 g/mol. The molecule has 0 saturated heterocycles. The maximum Gasteiger partial charge on any atom is 0.336 e. The molecule has 0 aliphatic heterocycles. The van der Waals surface area contributed by atoms with Crippen LogP contribution in [0.2, 0.25) is 15.1 Å². The second-order valence-corrected chi connectivity index (χ2v) is 7.44. The number of pyridine rings is 1. The molecule has 0 fully saturated rings. The van der Waals surface area contributed by atoms with Crippen molar-refractivity contribution >= 4 is 63.8 Å². The molecule has 4 aromatic rings. The van der Waals surface area contributed by atoms with Gasteiger partial charge in [0.25, 0.3) is 0 Å². The number of carbonyl (C=O) groups is 1. The third-order valence-corrected chi connectivity index (χ3v) is 5.14. The van der Waals surface area contributed by atoms with E-state index in [1.165, 1.54) is 6.07 Å². The molecule has 2 heterocycles. The summed E-state index contributed by atoms with van der Waals surface area (Å²) in [7, 11) is 0. The van der Waals surface area contributed by atoms with Gasteiger partial charge in [0.2, 0.25) is 0 Å². The number of carboxylic acids is 1. The van der Waals surface area contributed by atoms with Crippen molar-refractivity contribution in [2.45, 2.75) is 0 Å². The van der Waals surface area contributed by atoms with Crippen LogP contribution in [0.3, 0.4) is 0 Å². The lowest BCUT2D eigenvalue weighted by atomic mass is 10.1. The van der Waals surface area contributed by atoms with E-state index in [0.29, 0.717) is 48.7 Å². The summed E-state index contributed by atoms with van der Waals surface area (Å²) < 4.78 is 5.82. The highest BCUT2D eigenvalue weighted by atomic mass is 35.5. The largest absolute Gasteiger partial charge is 0.478 e.